The Morgan fingerprint density at radius 1 is 0.976 bits per heavy atom. The number of rotatable bonds is 12. The highest BCUT2D eigenvalue weighted by Gasteiger charge is 2.34. The van der Waals surface area contributed by atoms with Crippen LogP contribution in [0.25, 0.3) is 17.0 Å². The lowest BCUT2D eigenvalue weighted by Crippen LogP contribution is -2.14. The van der Waals surface area contributed by atoms with Gasteiger partial charge >= 0.3 is 11.9 Å². The quantitative estimate of drug-likeness (QED) is 0.145. The van der Waals surface area contributed by atoms with Gasteiger partial charge in [-0.15, -0.1) is 0 Å². The molecular formula is C33H40N2O7. The van der Waals surface area contributed by atoms with Crippen LogP contribution < -0.4 is 18.9 Å². The molecule has 2 aromatic carbocycles. The number of ketones is 1. The van der Waals surface area contributed by atoms with Crippen molar-refractivity contribution in [2.75, 3.05) is 27.7 Å². The number of nitrogens with zero attached hydrogens (tertiary/aromatic N) is 2. The SMILES string of the molecule is COc1ccc2c(c1)c(/C=C1\Oc3cc(OC(=O)CC(C)C)cc(OC(=O)CC(C)C)c3C1=O)cn2CCCN(C)C. The van der Waals surface area contributed by atoms with Crippen molar-refractivity contribution in [3.05, 3.63) is 53.4 Å². The number of carbonyl (C=O) groups excluding carboxylic acids is 3. The van der Waals surface area contributed by atoms with Crippen LogP contribution in [0.1, 0.15) is 62.9 Å². The van der Waals surface area contributed by atoms with E-state index in [1.54, 1.807) is 13.2 Å². The van der Waals surface area contributed by atoms with Gasteiger partial charge in [0.05, 0.1) is 7.11 Å². The van der Waals surface area contributed by atoms with E-state index in [0.29, 0.717) is 5.75 Å². The van der Waals surface area contributed by atoms with Crippen molar-refractivity contribution in [2.45, 2.75) is 53.5 Å². The summed E-state index contributed by atoms with van der Waals surface area (Å²) in [6.45, 7) is 9.35. The molecule has 0 N–H and O–H groups in total. The van der Waals surface area contributed by atoms with Crippen LogP contribution in [0.15, 0.2) is 42.3 Å². The average molecular weight is 577 g/mol. The fourth-order valence-corrected chi connectivity index (χ4v) is 4.83. The van der Waals surface area contributed by atoms with Gasteiger partial charge in [-0.3, -0.25) is 14.4 Å². The number of ether oxygens (including phenoxy) is 4. The molecule has 0 atom stereocenters. The first-order valence-corrected chi connectivity index (χ1v) is 14.3. The Morgan fingerprint density at radius 2 is 1.67 bits per heavy atom. The number of esters is 2. The van der Waals surface area contributed by atoms with Gasteiger partial charge in [0.2, 0.25) is 5.78 Å². The van der Waals surface area contributed by atoms with E-state index in [1.165, 1.54) is 12.1 Å². The van der Waals surface area contributed by atoms with E-state index in [-0.39, 0.29) is 53.2 Å². The third kappa shape index (κ3) is 7.39. The van der Waals surface area contributed by atoms with E-state index in [4.69, 9.17) is 18.9 Å². The summed E-state index contributed by atoms with van der Waals surface area (Å²) in [4.78, 5) is 40.8. The Bertz CT molecular complexity index is 1510. The topological polar surface area (TPSA) is 96.3 Å². The van der Waals surface area contributed by atoms with Crippen LogP contribution >= 0.6 is 0 Å². The van der Waals surface area contributed by atoms with Gasteiger partial charge in [0, 0.05) is 54.2 Å². The van der Waals surface area contributed by atoms with Gasteiger partial charge < -0.3 is 28.4 Å². The molecule has 3 aromatic rings. The second-order valence-electron chi connectivity index (χ2n) is 11.7. The monoisotopic (exact) mass is 576 g/mol. The van der Waals surface area contributed by atoms with Crippen molar-refractivity contribution in [1.82, 2.24) is 9.47 Å². The predicted molar refractivity (Wildman–Crippen MR) is 161 cm³/mol. The number of aromatic nitrogens is 1. The summed E-state index contributed by atoms with van der Waals surface area (Å²) in [5.41, 5.74) is 1.91. The molecule has 42 heavy (non-hydrogen) atoms. The first kappa shape index (κ1) is 30.8. The molecule has 9 heteroatoms. The summed E-state index contributed by atoms with van der Waals surface area (Å²) >= 11 is 0. The van der Waals surface area contributed by atoms with E-state index in [9.17, 15) is 14.4 Å². The predicted octanol–water partition coefficient (Wildman–Crippen LogP) is 6.12. The molecule has 0 saturated carbocycles. The zero-order valence-electron chi connectivity index (χ0n) is 25.5. The van der Waals surface area contributed by atoms with Crippen LogP contribution in [0.4, 0.5) is 0 Å². The summed E-state index contributed by atoms with van der Waals surface area (Å²) in [5, 5.41) is 0.908. The number of benzene rings is 2. The second kappa shape index (κ2) is 13.2. The number of allylic oxidation sites excluding steroid dienone is 1. The van der Waals surface area contributed by atoms with Crippen LogP contribution in [-0.4, -0.2) is 54.9 Å². The van der Waals surface area contributed by atoms with Gasteiger partial charge in [-0.25, -0.2) is 0 Å². The highest BCUT2D eigenvalue weighted by atomic mass is 16.6. The van der Waals surface area contributed by atoms with Crippen LogP contribution in [-0.2, 0) is 16.1 Å². The van der Waals surface area contributed by atoms with Gasteiger partial charge in [-0.1, -0.05) is 27.7 Å². The molecule has 0 fully saturated rings. The maximum atomic E-state index is 13.7. The zero-order valence-corrected chi connectivity index (χ0v) is 25.5. The van der Waals surface area contributed by atoms with Gasteiger partial charge in [-0.05, 0) is 63.2 Å². The third-order valence-corrected chi connectivity index (χ3v) is 6.73. The minimum Gasteiger partial charge on any atom is -0.497 e. The zero-order chi connectivity index (χ0) is 30.6. The Kier molecular flexibility index (Phi) is 9.73. The highest BCUT2D eigenvalue weighted by Crippen LogP contribution is 2.42. The summed E-state index contributed by atoms with van der Waals surface area (Å²) in [5.74, 6) is -0.0894. The van der Waals surface area contributed by atoms with Crippen molar-refractivity contribution in [3.8, 4) is 23.0 Å². The lowest BCUT2D eigenvalue weighted by Gasteiger charge is -2.12. The van der Waals surface area contributed by atoms with E-state index >= 15 is 0 Å². The molecule has 1 aliphatic heterocycles. The number of carbonyl (C=O) groups is 3. The molecule has 0 spiro atoms. The summed E-state index contributed by atoms with van der Waals surface area (Å²) in [7, 11) is 5.70. The fraction of sp³-hybridized carbons (Fsp3) is 0.424. The lowest BCUT2D eigenvalue weighted by atomic mass is 10.1. The first-order chi connectivity index (χ1) is 19.9. The molecule has 4 rings (SSSR count). The van der Waals surface area contributed by atoms with Crippen molar-refractivity contribution >= 4 is 34.7 Å². The van der Waals surface area contributed by atoms with Crippen molar-refractivity contribution < 1.29 is 33.3 Å². The minimum absolute atomic E-state index is 0.00619. The second-order valence-corrected chi connectivity index (χ2v) is 11.7. The largest absolute Gasteiger partial charge is 0.497 e. The number of hydrogen-bond acceptors (Lipinski definition) is 8. The van der Waals surface area contributed by atoms with E-state index < -0.39 is 17.7 Å². The molecule has 2 heterocycles. The molecule has 0 aliphatic carbocycles. The average Bonchev–Trinajstić information content (AvgIpc) is 3.39. The van der Waals surface area contributed by atoms with Crippen LogP contribution in [0.5, 0.6) is 23.0 Å². The van der Waals surface area contributed by atoms with Gasteiger partial charge in [0.25, 0.3) is 0 Å². The number of Topliss-reactive ketones (excluding diaryl/α,β-unsaturated/α-hetero) is 1. The Morgan fingerprint density at radius 3 is 2.31 bits per heavy atom. The smallest absolute Gasteiger partial charge is 0.311 e. The molecular weight excluding hydrogens is 536 g/mol. The number of aryl methyl sites for hydroxylation is 1. The summed E-state index contributed by atoms with van der Waals surface area (Å²) in [6, 6.07) is 8.74. The molecule has 1 aliphatic rings. The van der Waals surface area contributed by atoms with Gasteiger partial charge in [-0.2, -0.15) is 0 Å². The molecule has 0 radical (unpaired) electrons. The van der Waals surface area contributed by atoms with Crippen LogP contribution in [0.3, 0.4) is 0 Å². The van der Waals surface area contributed by atoms with Crippen molar-refractivity contribution in [2.24, 2.45) is 11.8 Å². The lowest BCUT2D eigenvalue weighted by molar-refractivity contribution is -0.135. The molecule has 224 valence electrons. The molecule has 0 bridgehead atoms. The number of fused-ring (bicyclic) bond motifs is 2. The fourth-order valence-electron chi connectivity index (χ4n) is 4.83. The van der Waals surface area contributed by atoms with Crippen LogP contribution in [0.2, 0.25) is 0 Å². The Balaban J connectivity index is 1.73. The van der Waals surface area contributed by atoms with E-state index in [1.807, 2.05) is 66.2 Å². The van der Waals surface area contributed by atoms with Gasteiger partial charge in [0.15, 0.2) is 5.76 Å². The van der Waals surface area contributed by atoms with Gasteiger partial charge in [0.1, 0.15) is 28.6 Å². The van der Waals surface area contributed by atoms with Crippen molar-refractivity contribution in [1.29, 1.82) is 0 Å². The van der Waals surface area contributed by atoms with E-state index in [2.05, 4.69) is 9.47 Å². The molecule has 1 aromatic heterocycles. The molecule has 9 nitrogen and oxygen atoms in total. The maximum Gasteiger partial charge on any atom is 0.311 e. The van der Waals surface area contributed by atoms with Crippen LogP contribution in [0, 0.1) is 11.8 Å². The maximum absolute atomic E-state index is 13.7. The minimum atomic E-state index is -0.490. The summed E-state index contributed by atoms with van der Waals surface area (Å²) in [6.07, 6.45) is 5.01. The molecule has 0 unspecified atom stereocenters. The van der Waals surface area contributed by atoms with Crippen molar-refractivity contribution in [3.63, 3.8) is 0 Å². The van der Waals surface area contributed by atoms with E-state index in [0.717, 1.165) is 36.0 Å². The standard InChI is InChI=1S/C33H40N2O7/c1-20(2)13-30(36)40-24-17-27-32(28(18-24)42-31(37)14-21(3)4)33(38)29(41-27)15-22-19-35(12-8-11-34(5)6)26-10-9-23(39-7)16-25(22)26/h9-10,15-21H,8,11-14H2,1-7H3/b29-15-. The molecule has 0 amide bonds. The number of methoxy groups -OCH3 is 1. The highest BCUT2D eigenvalue weighted by molar-refractivity contribution is 6.17. The Hall–Kier alpha value is -4.11. The number of hydrogen-bond donors (Lipinski definition) is 0. The molecule has 0 saturated heterocycles. The first-order valence-electron chi connectivity index (χ1n) is 14.3. The normalized spacial score (nSPS) is 13.8. The third-order valence-electron chi connectivity index (χ3n) is 6.73. The summed E-state index contributed by atoms with van der Waals surface area (Å²) < 4.78 is 24.8. The Labute approximate surface area is 247 Å².